The van der Waals surface area contributed by atoms with Gasteiger partial charge in [-0.2, -0.15) is 4.98 Å². The lowest BCUT2D eigenvalue weighted by molar-refractivity contribution is 0.194. The van der Waals surface area contributed by atoms with Gasteiger partial charge in [0.15, 0.2) is 5.82 Å². The van der Waals surface area contributed by atoms with Gasteiger partial charge >= 0.3 is 0 Å². The van der Waals surface area contributed by atoms with Gasteiger partial charge in [0.1, 0.15) is 11.5 Å². The van der Waals surface area contributed by atoms with E-state index in [1.54, 1.807) is 19.2 Å². The zero-order chi connectivity index (χ0) is 13.7. The molecule has 102 valence electrons. The highest BCUT2D eigenvalue weighted by molar-refractivity contribution is 5.63. The topological polar surface area (TPSA) is 77.6 Å². The molecule has 1 N–H and O–H groups in total. The minimum Gasteiger partial charge on any atom is -0.507 e. The highest BCUT2D eigenvalue weighted by Crippen LogP contribution is 2.31. The standard InChI is InChI=1S/C13H16N2O4/c1-17-7-3-4-12-14-13(19-15-12)10-6-5-9(18-2)8-11(10)16/h5-6,8,16H,3-4,7H2,1-2H3. The Kier molecular flexibility index (Phi) is 4.35. The third kappa shape index (κ3) is 3.23. The maximum atomic E-state index is 9.87. The Labute approximate surface area is 111 Å². The summed E-state index contributed by atoms with van der Waals surface area (Å²) in [5.74, 6) is 1.52. The summed E-state index contributed by atoms with van der Waals surface area (Å²) in [7, 11) is 3.19. The molecule has 0 radical (unpaired) electrons. The number of benzene rings is 1. The van der Waals surface area contributed by atoms with Gasteiger partial charge in [-0.05, 0) is 18.6 Å². The predicted octanol–water partition coefficient (Wildman–Crippen LogP) is 2.03. The summed E-state index contributed by atoms with van der Waals surface area (Å²) in [4.78, 5) is 4.23. The first-order chi connectivity index (χ1) is 9.24. The van der Waals surface area contributed by atoms with Crippen LogP contribution in [0.3, 0.4) is 0 Å². The van der Waals surface area contributed by atoms with Gasteiger partial charge in [-0.25, -0.2) is 0 Å². The van der Waals surface area contributed by atoms with Crippen LogP contribution in [0, 0.1) is 0 Å². The molecular weight excluding hydrogens is 248 g/mol. The lowest BCUT2D eigenvalue weighted by atomic mass is 10.2. The van der Waals surface area contributed by atoms with Crippen LogP contribution in [-0.2, 0) is 11.2 Å². The molecule has 0 saturated heterocycles. The Morgan fingerprint density at radius 1 is 1.32 bits per heavy atom. The van der Waals surface area contributed by atoms with Crippen LogP contribution in [-0.4, -0.2) is 36.1 Å². The van der Waals surface area contributed by atoms with Crippen LogP contribution in [0.5, 0.6) is 11.5 Å². The van der Waals surface area contributed by atoms with E-state index in [0.29, 0.717) is 36.1 Å². The quantitative estimate of drug-likeness (QED) is 0.804. The average molecular weight is 264 g/mol. The van der Waals surface area contributed by atoms with Gasteiger partial charge in [0.25, 0.3) is 5.89 Å². The van der Waals surface area contributed by atoms with Gasteiger partial charge in [0.05, 0.1) is 12.7 Å². The number of nitrogens with zero attached hydrogens (tertiary/aromatic N) is 2. The summed E-state index contributed by atoms with van der Waals surface area (Å²) in [6.07, 6.45) is 1.50. The summed E-state index contributed by atoms with van der Waals surface area (Å²) in [6, 6.07) is 4.91. The van der Waals surface area contributed by atoms with E-state index >= 15 is 0 Å². The molecule has 0 aliphatic heterocycles. The van der Waals surface area contributed by atoms with Gasteiger partial charge < -0.3 is 19.1 Å². The van der Waals surface area contributed by atoms with Crippen molar-refractivity contribution < 1.29 is 19.1 Å². The fourth-order valence-electron chi connectivity index (χ4n) is 1.66. The van der Waals surface area contributed by atoms with E-state index in [1.807, 2.05) is 0 Å². The molecule has 2 rings (SSSR count). The molecule has 2 aromatic rings. The van der Waals surface area contributed by atoms with Crippen molar-refractivity contribution >= 4 is 0 Å². The van der Waals surface area contributed by atoms with Crippen molar-refractivity contribution in [2.24, 2.45) is 0 Å². The molecule has 0 aliphatic carbocycles. The Morgan fingerprint density at radius 2 is 2.16 bits per heavy atom. The van der Waals surface area contributed by atoms with E-state index in [-0.39, 0.29) is 5.75 Å². The summed E-state index contributed by atoms with van der Waals surface area (Å²) in [5, 5.41) is 13.7. The Balaban J connectivity index is 2.13. The number of hydrogen-bond acceptors (Lipinski definition) is 6. The highest BCUT2D eigenvalue weighted by atomic mass is 16.5. The molecule has 0 bridgehead atoms. The molecule has 1 heterocycles. The molecular formula is C13H16N2O4. The fraction of sp³-hybridized carbons (Fsp3) is 0.385. The number of methoxy groups -OCH3 is 2. The van der Waals surface area contributed by atoms with E-state index in [4.69, 9.17) is 14.0 Å². The van der Waals surface area contributed by atoms with Crippen LogP contribution >= 0.6 is 0 Å². The van der Waals surface area contributed by atoms with Gasteiger partial charge in [-0.3, -0.25) is 0 Å². The highest BCUT2D eigenvalue weighted by Gasteiger charge is 2.13. The maximum absolute atomic E-state index is 9.87. The third-order valence-corrected chi connectivity index (χ3v) is 2.65. The lowest BCUT2D eigenvalue weighted by Gasteiger charge is -2.02. The molecule has 19 heavy (non-hydrogen) atoms. The molecule has 6 heteroatoms. The summed E-state index contributed by atoms with van der Waals surface area (Å²) >= 11 is 0. The number of aromatic hydroxyl groups is 1. The van der Waals surface area contributed by atoms with Crippen LogP contribution in [0.25, 0.3) is 11.5 Å². The van der Waals surface area contributed by atoms with Crippen molar-refractivity contribution in [2.45, 2.75) is 12.8 Å². The largest absolute Gasteiger partial charge is 0.507 e. The SMILES string of the molecule is COCCCc1noc(-c2ccc(OC)cc2O)n1. The van der Waals surface area contributed by atoms with Gasteiger partial charge in [-0.15, -0.1) is 0 Å². The number of phenols is 1. The fourth-order valence-corrected chi connectivity index (χ4v) is 1.66. The first-order valence-electron chi connectivity index (χ1n) is 5.93. The second-order valence-electron chi connectivity index (χ2n) is 4.00. The zero-order valence-corrected chi connectivity index (χ0v) is 10.9. The molecule has 0 atom stereocenters. The van der Waals surface area contributed by atoms with Crippen molar-refractivity contribution in [3.63, 3.8) is 0 Å². The van der Waals surface area contributed by atoms with E-state index in [0.717, 1.165) is 6.42 Å². The summed E-state index contributed by atoms with van der Waals surface area (Å²) in [6.45, 7) is 0.650. The average Bonchev–Trinajstić information content (AvgIpc) is 2.87. The summed E-state index contributed by atoms with van der Waals surface area (Å²) < 4.78 is 15.1. The number of aryl methyl sites for hydroxylation is 1. The molecule has 0 fully saturated rings. The third-order valence-electron chi connectivity index (χ3n) is 2.65. The Morgan fingerprint density at radius 3 is 2.84 bits per heavy atom. The minimum absolute atomic E-state index is 0.0476. The van der Waals surface area contributed by atoms with E-state index in [2.05, 4.69) is 10.1 Å². The number of hydrogen-bond donors (Lipinski definition) is 1. The molecule has 0 amide bonds. The molecule has 6 nitrogen and oxygen atoms in total. The normalized spacial score (nSPS) is 10.6. The maximum Gasteiger partial charge on any atom is 0.261 e. The molecule has 0 unspecified atom stereocenters. The Hall–Kier alpha value is -2.08. The smallest absolute Gasteiger partial charge is 0.261 e. The van der Waals surface area contributed by atoms with Crippen LogP contribution in [0.4, 0.5) is 0 Å². The van der Waals surface area contributed by atoms with Crippen molar-refractivity contribution in [1.29, 1.82) is 0 Å². The van der Waals surface area contributed by atoms with E-state index < -0.39 is 0 Å². The van der Waals surface area contributed by atoms with Crippen LogP contribution in [0.15, 0.2) is 22.7 Å². The van der Waals surface area contributed by atoms with Crippen LogP contribution < -0.4 is 4.74 Å². The first kappa shape index (κ1) is 13.4. The minimum atomic E-state index is 0.0476. The van der Waals surface area contributed by atoms with Crippen molar-refractivity contribution in [3.8, 4) is 23.0 Å². The number of aromatic nitrogens is 2. The van der Waals surface area contributed by atoms with Crippen molar-refractivity contribution in [1.82, 2.24) is 10.1 Å². The molecule has 0 spiro atoms. The number of phenolic OH excluding ortho intramolecular Hbond substituents is 1. The van der Waals surface area contributed by atoms with Crippen LogP contribution in [0.1, 0.15) is 12.2 Å². The van der Waals surface area contributed by atoms with Crippen molar-refractivity contribution in [3.05, 3.63) is 24.0 Å². The number of ether oxygens (including phenoxy) is 2. The predicted molar refractivity (Wildman–Crippen MR) is 68.1 cm³/mol. The molecule has 0 saturated carbocycles. The number of rotatable bonds is 6. The van der Waals surface area contributed by atoms with Crippen LogP contribution in [0.2, 0.25) is 0 Å². The zero-order valence-electron chi connectivity index (χ0n) is 10.9. The second kappa shape index (κ2) is 6.19. The molecule has 1 aromatic heterocycles. The summed E-state index contributed by atoms with van der Waals surface area (Å²) in [5.41, 5.74) is 0.492. The van der Waals surface area contributed by atoms with E-state index in [9.17, 15) is 5.11 Å². The van der Waals surface area contributed by atoms with Gasteiger partial charge in [0, 0.05) is 26.2 Å². The van der Waals surface area contributed by atoms with E-state index in [1.165, 1.54) is 13.2 Å². The second-order valence-corrected chi connectivity index (χ2v) is 4.00. The van der Waals surface area contributed by atoms with Gasteiger partial charge in [-0.1, -0.05) is 5.16 Å². The molecule has 1 aromatic carbocycles. The van der Waals surface area contributed by atoms with Gasteiger partial charge in [0.2, 0.25) is 0 Å². The molecule has 0 aliphatic rings. The Bertz CT molecular complexity index is 539. The van der Waals surface area contributed by atoms with Crippen molar-refractivity contribution in [2.75, 3.05) is 20.8 Å². The first-order valence-corrected chi connectivity index (χ1v) is 5.93. The monoisotopic (exact) mass is 264 g/mol. The lowest BCUT2D eigenvalue weighted by Crippen LogP contribution is -1.94.